The molecule has 0 radical (unpaired) electrons. The minimum absolute atomic E-state index is 0.100. The van der Waals surface area contributed by atoms with Crippen LogP contribution in [-0.4, -0.2) is 20.2 Å². The molecule has 0 bridgehead atoms. The third-order valence-electron chi connectivity index (χ3n) is 2.46. The van der Waals surface area contributed by atoms with E-state index in [4.69, 9.17) is 4.42 Å². The van der Waals surface area contributed by atoms with Gasteiger partial charge >= 0.3 is 5.91 Å². The molecule has 0 aliphatic rings. The summed E-state index contributed by atoms with van der Waals surface area (Å²) in [4.78, 5) is 22.4. The van der Waals surface area contributed by atoms with Crippen molar-refractivity contribution in [2.45, 2.75) is 25.7 Å². The van der Waals surface area contributed by atoms with Gasteiger partial charge < -0.3 is 9.73 Å². The summed E-state index contributed by atoms with van der Waals surface area (Å²) >= 11 is 0. The van der Waals surface area contributed by atoms with Crippen LogP contribution >= 0.6 is 0 Å². The smallest absolute Gasteiger partial charge is 0.300 e. The van der Waals surface area contributed by atoms with Gasteiger partial charge in [0.05, 0.1) is 11.2 Å². The fraction of sp³-hybridized carbons (Fsp3) is 0.200. The van der Waals surface area contributed by atoms with E-state index in [-0.39, 0.29) is 16.6 Å². The number of carbonyl (C=O) groups is 2. The fourth-order valence-corrected chi connectivity index (χ4v) is 2.52. The van der Waals surface area contributed by atoms with E-state index in [0.717, 1.165) is 0 Å². The zero-order chi connectivity index (χ0) is 17.5. The predicted molar refractivity (Wildman–Crippen MR) is 85.5 cm³/mol. The zero-order valence-electron chi connectivity index (χ0n) is 13.0. The normalized spacial score (nSPS) is 10.2. The predicted octanol–water partition coefficient (Wildman–Crippen LogP) is 2.38. The Balaban J connectivity index is 0.00000127. The van der Waals surface area contributed by atoms with Crippen LogP contribution in [0.3, 0.4) is 0 Å². The van der Waals surface area contributed by atoms with Gasteiger partial charge in [-0.05, 0) is 36.4 Å². The molecule has 0 atom stereocenters. The van der Waals surface area contributed by atoms with Crippen molar-refractivity contribution in [2.75, 3.05) is 5.32 Å². The van der Waals surface area contributed by atoms with Crippen LogP contribution in [0.2, 0.25) is 0 Å². The molecule has 0 fully saturated rings. The molecule has 124 valence electrons. The number of anilines is 1. The Morgan fingerprint density at radius 2 is 1.65 bits per heavy atom. The van der Waals surface area contributed by atoms with Gasteiger partial charge in [0.2, 0.25) is 5.91 Å². The van der Waals surface area contributed by atoms with Gasteiger partial charge in [-0.25, -0.2) is 13.1 Å². The second kappa shape index (κ2) is 8.14. The molecule has 0 saturated carbocycles. The van der Waals surface area contributed by atoms with Gasteiger partial charge in [-0.1, -0.05) is 13.8 Å². The van der Waals surface area contributed by atoms with Crippen LogP contribution in [0.5, 0.6) is 0 Å². The highest BCUT2D eigenvalue weighted by Gasteiger charge is 2.20. The van der Waals surface area contributed by atoms with Crippen LogP contribution in [-0.2, 0) is 14.8 Å². The molecule has 0 unspecified atom stereocenters. The molecule has 1 heterocycles. The van der Waals surface area contributed by atoms with Crippen LogP contribution in [0.15, 0.2) is 52.0 Å². The van der Waals surface area contributed by atoms with Crippen LogP contribution < -0.4 is 10.0 Å². The Morgan fingerprint density at radius 1 is 1.04 bits per heavy atom. The first kappa shape index (κ1) is 18.4. The van der Waals surface area contributed by atoms with Gasteiger partial charge in [0.1, 0.15) is 0 Å². The maximum Gasteiger partial charge on any atom is 0.300 e. The van der Waals surface area contributed by atoms with Crippen molar-refractivity contribution < 1.29 is 22.4 Å². The molecule has 1 aromatic carbocycles. The quantitative estimate of drug-likeness (QED) is 0.890. The molecule has 0 aliphatic heterocycles. The van der Waals surface area contributed by atoms with Crippen molar-refractivity contribution in [3.63, 3.8) is 0 Å². The van der Waals surface area contributed by atoms with Gasteiger partial charge in [-0.2, -0.15) is 0 Å². The van der Waals surface area contributed by atoms with E-state index < -0.39 is 15.9 Å². The maximum absolute atomic E-state index is 12.0. The van der Waals surface area contributed by atoms with E-state index in [1.807, 2.05) is 18.6 Å². The van der Waals surface area contributed by atoms with Crippen molar-refractivity contribution in [1.29, 1.82) is 0 Å². The molecular formula is C15H18N2O5S. The minimum atomic E-state index is -4.00. The molecule has 0 aliphatic carbocycles. The summed E-state index contributed by atoms with van der Waals surface area (Å²) in [6, 6.07) is 8.24. The number of furan rings is 1. The Bertz CT molecular complexity index is 750. The number of rotatable bonds is 4. The zero-order valence-corrected chi connectivity index (χ0v) is 13.8. The molecule has 2 N–H and O–H groups in total. The lowest BCUT2D eigenvalue weighted by molar-refractivity contribution is -0.114. The van der Waals surface area contributed by atoms with Crippen LogP contribution in [0.1, 0.15) is 31.3 Å². The lowest BCUT2D eigenvalue weighted by Gasteiger charge is -2.07. The Kier molecular flexibility index (Phi) is 6.52. The number of sulfonamides is 1. The first-order valence-corrected chi connectivity index (χ1v) is 8.35. The lowest BCUT2D eigenvalue weighted by atomic mass is 10.3. The van der Waals surface area contributed by atoms with Crippen molar-refractivity contribution >= 4 is 27.5 Å². The molecule has 1 aromatic heterocycles. The van der Waals surface area contributed by atoms with E-state index in [2.05, 4.69) is 5.32 Å². The van der Waals surface area contributed by atoms with Gasteiger partial charge in [0, 0.05) is 12.6 Å². The summed E-state index contributed by atoms with van der Waals surface area (Å²) in [5.74, 6) is -1.23. The average Bonchev–Trinajstić information content (AvgIpc) is 3.03. The summed E-state index contributed by atoms with van der Waals surface area (Å²) in [5.41, 5.74) is 0.457. The number of carbonyl (C=O) groups excluding carboxylic acids is 2. The monoisotopic (exact) mass is 338 g/mol. The van der Waals surface area contributed by atoms with E-state index in [1.54, 1.807) is 0 Å². The van der Waals surface area contributed by atoms with Crippen LogP contribution in [0.4, 0.5) is 5.69 Å². The molecular weight excluding hydrogens is 320 g/mol. The second-order valence-corrected chi connectivity index (χ2v) is 5.80. The van der Waals surface area contributed by atoms with Crippen molar-refractivity contribution in [3.05, 3.63) is 48.4 Å². The van der Waals surface area contributed by atoms with Gasteiger partial charge in [0.15, 0.2) is 5.76 Å². The van der Waals surface area contributed by atoms with Crippen molar-refractivity contribution in [1.82, 2.24) is 4.72 Å². The summed E-state index contributed by atoms with van der Waals surface area (Å²) in [6.45, 7) is 5.34. The summed E-state index contributed by atoms with van der Waals surface area (Å²) in [6.07, 6.45) is 1.27. The molecule has 0 saturated heterocycles. The van der Waals surface area contributed by atoms with Crippen LogP contribution in [0.25, 0.3) is 0 Å². The second-order valence-electron chi connectivity index (χ2n) is 4.12. The molecule has 23 heavy (non-hydrogen) atoms. The summed E-state index contributed by atoms with van der Waals surface area (Å²) in [7, 11) is -4.00. The Hall–Kier alpha value is -2.61. The number of nitrogens with one attached hydrogen (secondary N) is 2. The fourth-order valence-electron chi connectivity index (χ4n) is 1.56. The lowest BCUT2D eigenvalue weighted by Crippen LogP contribution is -2.30. The number of hydrogen-bond acceptors (Lipinski definition) is 5. The SMILES string of the molecule is CC.CC(=O)Nc1ccc(S(=O)(=O)NC(=O)c2ccco2)cc1. The van der Waals surface area contributed by atoms with Crippen molar-refractivity contribution in [2.24, 2.45) is 0 Å². The summed E-state index contributed by atoms with van der Waals surface area (Å²) < 4.78 is 30.7. The largest absolute Gasteiger partial charge is 0.459 e. The third-order valence-corrected chi connectivity index (χ3v) is 3.80. The molecule has 8 heteroatoms. The number of benzene rings is 1. The standard InChI is InChI=1S/C13H12N2O5S.C2H6/c1-9(16)14-10-4-6-11(7-5-10)21(18,19)15-13(17)12-3-2-8-20-12;1-2/h2-8H,1H3,(H,14,16)(H,15,17);1-2H3. The van der Waals surface area contributed by atoms with Gasteiger partial charge in [-0.15, -0.1) is 0 Å². The molecule has 0 spiro atoms. The van der Waals surface area contributed by atoms with E-state index in [1.165, 1.54) is 49.6 Å². The van der Waals surface area contributed by atoms with Crippen LogP contribution in [0, 0.1) is 0 Å². The molecule has 2 aromatic rings. The Labute approximate surface area is 134 Å². The molecule has 2 amide bonds. The third kappa shape index (κ3) is 5.26. The number of amides is 2. The van der Waals surface area contributed by atoms with E-state index in [9.17, 15) is 18.0 Å². The topological polar surface area (TPSA) is 105 Å². The summed E-state index contributed by atoms with van der Waals surface area (Å²) in [5, 5.41) is 2.51. The first-order chi connectivity index (χ1) is 10.9. The maximum atomic E-state index is 12.0. The highest BCUT2D eigenvalue weighted by atomic mass is 32.2. The van der Waals surface area contributed by atoms with E-state index >= 15 is 0 Å². The Morgan fingerprint density at radius 3 is 2.13 bits per heavy atom. The van der Waals surface area contributed by atoms with E-state index in [0.29, 0.717) is 5.69 Å². The number of hydrogen-bond donors (Lipinski definition) is 2. The average molecular weight is 338 g/mol. The molecule has 7 nitrogen and oxygen atoms in total. The molecule has 2 rings (SSSR count). The first-order valence-electron chi connectivity index (χ1n) is 6.87. The van der Waals surface area contributed by atoms with Gasteiger partial charge in [-0.3, -0.25) is 9.59 Å². The van der Waals surface area contributed by atoms with Crippen molar-refractivity contribution in [3.8, 4) is 0 Å². The highest BCUT2D eigenvalue weighted by Crippen LogP contribution is 2.14. The minimum Gasteiger partial charge on any atom is -0.459 e. The highest BCUT2D eigenvalue weighted by molar-refractivity contribution is 7.90. The van der Waals surface area contributed by atoms with Gasteiger partial charge in [0.25, 0.3) is 10.0 Å².